The van der Waals surface area contributed by atoms with E-state index in [-0.39, 0.29) is 16.9 Å². The van der Waals surface area contributed by atoms with Crippen LogP contribution in [0.5, 0.6) is 0 Å². The summed E-state index contributed by atoms with van der Waals surface area (Å²) in [6.07, 6.45) is 0. The third-order valence-electron chi connectivity index (χ3n) is 2.27. The largest absolute Gasteiger partial charge is 0.390 e. The van der Waals surface area contributed by atoms with Crippen molar-refractivity contribution in [2.45, 2.75) is 12.8 Å². The second-order valence-corrected chi connectivity index (χ2v) is 3.57. The lowest BCUT2D eigenvalue weighted by Gasteiger charge is -2.16. The summed E-state index contributed by atoms with van der Waals surface area (Å²) in [5.41, 5.74) is 0.404. The van der Waals surface area contributed by atoms with Crippen molar-refractivity contribution in [3.8, 4) is 0 Å². The van der Waals surface area contributed by atoms with Crippen LogP contribution in [0, 0.1) is 17.0 Å². The predicted molar refractivity (Wildman–Crippen MR) is 58.4 cm³/mol. The van der Waals surface area contributed by atoms with E-state index in [1.165, 1.54) is 25.1 Å². The lowest BCUT2D eigenvalue weighted by Crippen LogP contribution is -2.31. The lowest BCUT2D eigenvalue weighted by atomic mass is 10.1. The van der Waals surface area contributed by atoms with Gasteiger partial charge in [-0.2, -0.15) is 0 Å². The minimum Gasteiger partial charge on any atom is -0.390 e. The fraction of sp³-hybridized carbons (Fsp3) is 0.400. The topological polar surface area (TPSA) is 75.4 Å². The molecule has 0 saturated carbocycles. The zero-order chi connectivity index (χ0) is 13.1. The Morgan fingerprint density at radius 1 is 1.53 bits per heavy atom. The van der Waals surface area contributed by atoms with Crippen LogP contribution < -0.4 is 5.32 Å². The van der Waals surface area contributed by atoms with Gasteiger partial charge in [-0.15, -0.1) is 0 Å². The number of nitro groups is 1. The standard InChI is InChI=1S/C10H12F2N2O3/c1-7-8(13-5-10(11,12)6-15)3-2-4-9(7)14(16)17/h2-4,13,15H,5-6H2,1H3. The molecule has 2 N–H and O–H groups in total. The molecule has 1 aromatic carbocycles. The predicted octanol–water partition coefficient (Wildman–Crippen LogP) is 1.94. The molecular formula is C10H12F2N2O3. The Hall–Kier alpha value is -1.76. The number of rotatable bonds is 5. The Labute approximate surface area is 96.2 Å². The van der Waals surface area contributed by atoms with Crippen LogP contribution in [0.15, 0.2) is 18.2 Å². The molecule has 0 atom stereocenters. The Kier molecular flexibility index (Phi) is 3.95. The van der Waals surface area contributed by atoms with Crippen molar-refractivity contribution < 1.29 is 18.8 Å². The van der Waals surface area contributed by atoms with Gasteiger partial charge in [0, 0.05) is 17.3 Å². The van der Waals surface area contributed by atoms with Gasteiger partial charge < -0.3 is 10.4 Å². The summed E-state index contributed by atoms with van der Waals surface area (Å²) in [5.74, 6) is -3.25. The van der Waals surface area contributed by atoms with E-state index in [0.29, 0.717) is 0 Å². The molecule has 0 aliphatic carbocycles. The van der Waals surface area contributed by atoms with Gasteiger partial charge in [0.05, 0.1) is 11.5 Å². The lowest BCUT2D eigenvalue weighted by molar-refractivity contribution is -0.385. The minimum atomic E-state index is -3.25. The van der Waals surface area contributed by atoms with Crippen LogP contribution in [0.3, 0.4) is 0 Å². The summed E-state index contributed by atoms with van der Waals surface area (Å²) in [6.45, 7) is -0.572. The smallest absolute Gasteiger partial charge is 0.287 e. The Morgan fingerprint density at radius 2 is 2.18 bits per heavy atom. The van der Waals surface area contributed by atoms with Crippen molar-refractivity contribution in [3.05, 3.63) is 33.9 Å². The van der Waals surface area contributed by atoms with Gasteiger partial charge in [0.15, 0.2) is 0 Å². The molecular weight excluding hydrogens is 234 g/mol. The fourth-order valence-corrected chi connectivity index (χ4v) is 1.29. The van der Waals surface area contributed by atoms with Crippen LogP contribution >= 0.6 is 0 Å². The second kappa shape index (κ2) is 5.05. The Balaban J connectivity index is 2.86. The number of halogens is 2. The van der Waals surface area contributed by atoms with Gasteiger partial charge in [-0.3, -0.25) is 10.1 Å². The van der Waals surface area contributed by atoms with Crippen LogP contribution in [0.25, 0.3) is 0 Å². The highest BCUT2D eigenvalue weighted by molar-refractivity contribution is 5.59. The molecule has 7 heteroatoms. The second-order valence-electron chi connectivity index (χ2n) is 3.57. The maximum Gasteiger partial charge on any atom is 0.287 e. The summed E-state index contributed by atoms with van der Waals surface area (Å²) in [5, 5.41) is 21.4. The van der Waals surface area contributed by atoms with Crippen LogP contribution in [-0.2, 0) is 0 Å². The molecule has 0 saturated heterocycles. The molecule has 0 fully saturated rings. The van der Waals surface area contributed by atoms with E-state index >= 15 is 0 Å². The summed E-state index contributed by atoms with van der Waals surface area (Å²) >= 11 is 0. The molecule has 0 unspecified atom stereocenters. The molecule has 1 rings (SSSR count). The fourth-order valence-electron chi connectivity index (χ4n) is 1.29. The Morgan fingerprint density at radius 3 is 2.71 bits per heavy atom. The highest BCUT2D eigenvalue weighted by atomic mass is 19.3. The van der Waals surface area contributed by atoms with Gasteiger partial charge >= 0.3 is 0 Å². The van der Waals surface area contributed by atoms with Gasteiger partial charge in [-0.05, 0) is 13.0 Å². The first-order valence-electron chi connectivity index (χ1n) is 4.84. The van der Waals surface area contributed by atoms with Gasteiger partial charge in [0.1, 0.15) is 6.61 Å². The maximum atomic E-state index is 12.8. The number of anilines is 1. The van der Waals surface area contributed by atoms with Crippen LogP contribution in [0.1, 0.15) is 5.56 Å². The molecule has 0 spiro atoms. The number of nitrogens with one attached hydrogen (secondary N) is 1. The van der Waals surface area contributed by atoms with Crippen molar-refractivity contribution >= 4 is 11.4 Å². The number of nitrogens with zero attached hydrogens (tertiary/aromatic N) is 1. The molecule has 0 bridgehead atoms. The number of aliphatic hydroxyl groups excluding tert-OH is 1. The molecule has 0 radical (unpaired) electrons. The number of hydrogen-bond acceptors (Lipinski definition) is 4. The van der Waals surface area contributed by atoms with Crippen molar-refractivity contribution in [2.24, 2.45) is 0 Å². The highest BCUT2D eigenvalue weighted by Gasteiger charge is 2.27. The molecule has 0 aliphatic heterocycles. The number of benzene rings is 1. The monoisotopic (exact) mass is 246 g/mol. The first kappa shape index (κ1) is 13.3. The van der Waals surface area contributed by atoms with E-state index < -0.39 is 24.0 Å². The molecule has 17 heavy (non-hydrogen) atoms. The van der Waals surface area contributed by atoms with Gasteiger partial charge in [-0.1, -0.05) is 6.07 Å². The summed E-state index contributed by atoms with van der Waals surface area (Å²) in [4.78, 5) is 10.0. The van der Waals surface area contributed by atoms with Crippen molar-refractivity contribution in [1.29, 1.82) is 0 Å². The van der Waals surface area contributed by atoms with Gasteiger partial charge in [-0.25, -0.2) is 8.78 Å². The number of hydrogen-bond donors (Lipinski definition) is 2. The van der Waals surface area contributed by atoms with Crippen molar-refractivity contribution in [3.63, 3.8) is 0 Å². The number of alkyl halides is 2. The van der Waals surface area contributed by atoms with Crippen LogP contribution in [-0.4, -0.2) is 29.1 Å². The van der Waals surface area contributed by atoms with E-state index in [0.717, 1.165) is 0 Å². The number of aliphatic hydroxyl groups is 1. The van der Waals surface area contributed by atoms with E-state index in [9.17, 15) is 18.9 Å². The van der Waals surface area contributed by atoms with Gasteiger partial charge in [0.2, 0.25) is 0 Å². The zero-order valence-corrected chi connectivity index (χ0v) is 9.11. The van der Waals surface area contributed by atoms with Crippen LogP contribution in [0.2, 0.25) is 0 Å². The normalized spacial score (nSPS) is 11.3. The first-order chi connectivity index (χ1) is 7.87. The minimum absolute atomic E-state index is 0.137. The Bertz CT molecular complexity index is 424. The third-order valence-corrected chi connectivity index (χ3v) is 2.27. The van der Waals surface area contributed by atoms with E-state index in [1.807, 2.05) is 0 Å². The van der Waals surface area contributed by atoms with Gasteiger partial charge in [0.25, 0.3) is 11.6 Å². The molecule has 94 valence electrons. The third kappa shape index (κ3) is 3.35. The number of nitro benzene ring substituents is 1. The molecule has 0 heterocycles. The highest BCUT2D eigenvalue weighted by Crippen LogP contribution is 2.25. The SMILES string of the molecule is Cc1c(NCC(F)(F)CO)cccc1[N+](=O)[O-]. The molecule has 0 aliphatic rings. The van der Waals surface area contributed by atoms with E-state index in [4.69, 9.17) is 5.11 Å². The quantitative estimate of drug-likeness (QED) is 0.615. The summed E-state index contributed by atoms with van der Waals surface area (Å²) in [6, 6.07) is 4.17. The maximum absolute atomic E-state index is 12.8. The molecule has 0 aromatic heterocycles. The van der Waals surface area contributed by atoms with E-state index in [1.54, 1.807) is 0 Å². The molecule has 0 amide bonds. The van der Waals surface area contributed by atoms with Crippen LogP contribution in [0.4, 0.5) is 20.2 Å². The average molecular weight is 246 g/mol. The molecule has 1 aromatic rings. The first-order valence-corrected chi connectivity index (χ1v) is 4.84. The zero-order valence-electron chi connectivity index (χ0n) is 9.11. The summed E-state index contributed by atoms with van der Waals surface area (Å²) in [7, 11) is 0. The molecule has 5 nitrogen and oxygen atoms in total. The van der Waals surface area contributed by atoms with Crippen molar-refractivity contribution in [1.82, 2.24) is 0 Å². The van der Waals surface area contributed by atoms with E-state index in [2.05, 4.69) is 5.32 Å². The van der Waals surface area contributed by atoms with Crippen molar-refractivity contribution in [2.75, 3.05) is 18.5 Å². The average Bonchev–Trinajstić information content (AvgIpc) is 2.27. The summed E-state index contributed by atoms with van der Waals surface area (Å²) < 4.78 is 25.6.